The van der Waals surface area contributed by atoms with E-state index in [2.05, 4.69) is 15.6 Å². The maximum atomic E-state index is 11.3. The standard InChI is InChI=1S/C10H18N4O2S/c1-10(2,3)16-9(15)13-5-4-12-8-14-6-7(11)17-8/h6H,4-5,11H2,1-3H3,(H,12,14)(H,13,15). The van der Waals surface area contributed by atoms with E-state index in [1.165, 1.54) is 11.3 Å². The van der Waals surface area contributed by atoms with E-state index < -0.39 is 11.7 Å². The molecule has 0 atom stereocenters. The summed E-state index contributed by atoms with van der Waals surface area (Å²) in [4.78, 5) is 15.3. The number of rotatable bonds is 4. The van der Waals surface area contributed by atoms with Gasteiger partial charge in [-0.15, -0.1) is 0 Å². The zero-order valence-corrected chi connectivity index (χ0v) is 11.1. The van der Waals surface area contributed by atoms with Crippen molar-refractivity contribution in [3.63, 3.8) is 0 Å². The molecule has 0 unspecified atom stereocenters. The number of nitrogen functional groups attached to an aromatic ring is 1. The fourth-order valence-electron chi connectivity index (χ4n) is 1.02. The normalized spacial score (nSPS) is 11.0. The van der Waals surface area contributed by atoms with E-state index in [1.807, 2.05) is 20.8 Å². The molecule has 96 valence electrons. The van der Waals surface area contributed by atoms with Gasteiger partial charge in [0.15, 0.2) is 5.13 Å². The number of ether oxygens (including phenoxy) is 1. The number of nitrogens with one attached hydrogen (secondary N) is 2. The molecule has 4 N–H and O–H groups in total. The number of carbonyl (C=O) groups is 1. The van der Waals surface area contributed by atoms with E-state index in [4.69, 9.17) is 10.5 Å². The first kappa shape index (κ1) is 13.6. The van der Waals surface area contributed by atoms with Crippen LogP contribution in [0.2, 0.25) is 0 Å². The molecule has 1 amide bonds. The summed E-state index contributed by atoms with van der Waals surface area (Å²) >= 11 is 1.37. The van der Waals surface area contributed by atoms with Crippen molar-refractivity contribution in [2.75, 3.05) is 24.1 Å². The molecular formula is C10H18N4O2S. The number of amides is 1. The fraction of sp³-hybridized carbons (Fsp3) is 0.600. The lowest BCUT2D eigenvalue weighted by Gasteiger charge is -2.19. The van der Waals surface area contributed by atoms with Crippen LogP contribution in [-0.4, -0.2) is 29.8 Å². The fourth-order valence-corrected chi connectivity index (χ4v) is 1.62. The molecule has 0 bridgehead atoms. The molecule has 1 aromatic heterocycles. The van der Waals surface area contributed by atoms with Gasteiger partial charge in [-0.25, -0.2) is 9.78 Å². The van der Waals surface area contributed by atoms with Crippen LogP contribution in [0.1, 0.15) is 20.8 Å². The quantitative estimate of drug-likeness (QED) is 0.715. The molecule has 0 saturated carbocycles. The van der Waals surface area contributed by atoms with Gasteiger partial charge in [-0.05, 0) is 20.8 Å². The van der Waals surface area contributed by atoms with Gasteiger partial charge < -0.3 is 21.1 Å². The molecule has 0 spiro atoms. The first-order valence-corrected chi connectivity index (χ1v) is 6.10. The Labute approximate surface area is 105 Å². The Morgan fingerprint density at radius 3 is 2.76 bits per heavy atom. The van der Waals surface area contributed by atoms with Crippen LogP contribution in [0.15, 0.2) is 6.20 Å². The number of hydrogen-bond donors (Lipinski definition) is 3. The van der Waals surface area contributed by atoms with Crippen LogP contribution < -0.4 is 16.4 Å². The van der Waals surface area contributed by atoms with E-state index >= 15 is 0 Å². The number of nitrogens with zero attached hydrogens (tertiary/aromatic N) is 1. The predicted octanol–water partition coefficient (Wildman–Crippen LogP) is 1.66. The lowest BCUT2D eigenvalue weighted by Crippen LogP contribution is -2.34. The second-order valence-corrected chi connectivity index (χ2v) is 5.49. The van der Waals surface area contributed by atoms with Gasteiger partial charge in [-0.1, -0.05) is 11.3 Å². The Bertz CT molecular complexity index is 373. The third-order valence-corrected chi connectivity index (χ3v) is 2.38. The molecule has 0 radical (unpaired) electrons. The van der Waals surface area contributed by atoms with Crippen molar-refractivity contribution in [2.45, 2.75) is 26.4 Å². The third kappa shape index (κ3) is 5.96. The molecule has 0 aliphatic carbocycles. The van der Waals surface area contributed by atoms with Gasteiger partial charge in [0.2, 0.25) is 0 Å². The summed E-state index contributed by atoms with van der Waals surface area (Å²) in [5, 5.41) is 7.08. The van der Waals surface area contributed by atoms with Crippen LogP contribution in [0, 0.1) is 0 Å². The van der Waals surface area contributed by atoms with Crippen molar-refractivity contribution in [2.24, 2.45) is 0 Å². The number of anilines is 2. The van der Waals surface area contributed by atoms with E-state index in [1.54, 1.807) is 6.20 Å². The van der Waals surface area contributed by atoms with Crippen molar-refractivity contribution in [1.29, 1.82) is 0 Å². The molecule has 1 heterocycles. The Kier molecular flexibility index (Phi) is 4.56. The first-order chi connectivity index (χ1) is 7.87. The Morgan fingerprint density at radius 2 is 2.24 bits per heavy atom. The maximum Gasteiger partial charge on any atom is 0.407 e. The minimum Gasteiger partial charge on any atom is -0.444 e. The Morgan fingerprint density at radius 1 is 1.53 bits per heavy atom. The van der Waals surface area contributed by atoms with Gasteiger partial charge in [0.05, 0.1) is 6.20 Å². The van der Waals surface area contributed by atoms with E-state index in [0.29, 0.717) is 18.1 Å². The monoisotopic (exact) mass is 258 g/mol. The van der Waals surface area contributed by atoms with Crippen LogP contribution >= 0.6 is 11.3 Å². The summed E-state index contributed by atoms with van der Waals surface area (Å²) in [7, 11) is 0. The number of alkyl carbamates (subject to hydrolysis) is 1. The molecule has 0 fully saturated rings. The zero-order valence-electron chi connectivity index (χ0n) is 10.2. The molecule has 6 nitrogen and oxygen atoms in total. The van der Waals surface area contributed by atoms with E-state index in [-0.39, 0.29) is 0 Å². The van der Waals surface area contributed by atoms with Crippen LogP contribution in [0.25, 0.3) is 0 Å². The van der Waals surface area contributed by atoms with Gasteiger partial charge in [0, 0.05) is 13.1 Å². The molecule has 7 heteroatoms. The molecule has 1 rings (SSSR count). The van der Waals surface area contributed by atoms with Crippen molar-refractivity contribution >= 4 is 27.6 Å². The second-order valence-electron chi connectivity index (χ2n) is 4.42. The summed E-state index contributed by atoms with van der Waals surface area (Å²) in [5.74, 6) is 0. The lowest BCUT2D eigenvalue weighted by molar-refractivity contribution is 0.0530. The molecule has 0 aromatic carbocycles. The van der Waals surface area contributed by atoms with Gasteiger partial charge >= 0.3 is 6.09 Å². The first-order valence-electron chi connectivity index (χ1n) is 5.29. The van der Waals surface area contributed by atoms with Crippen molar-refractivity contribution in [3.8, 4) is 0 Å². The van der Waals surface area contributed by atoms with Crippen LogP contribution in [0.3, 0.4) is 0 Å². The number of hydrogen-bond acceptors (Lipinski definition) is 6. The molecule has 0 aliphatic heterocycles. The highest BCUT2D eigenvalue weighted by Gasteiger charge is 2.15. The maximum absolute atomic E-state index is 11.3. The molecule has 1 aromatic rings. The highest BCUT2D eigenvalue weighted by Crippen LogP contribution is 2.18. The molecule has 0 aliphatic rings. The lowest BCUT2D eigenvalue weighted by atomic mass is 10.2. The van der Waals surface area contributed by atoms with Gasteiger partial charge in [-0.2, -0.15) is 0 Å². The number of carbonyl (C=O) groups excluding carboxylic acids is 1. The smallest absolute Gasteiger partial charge is 0.407 e. The van der Waals surface area contributed by atoms with E-state index in [0.717, 1.165) is 5.13 Å². The highest BCUT2D eigenvalue weighted by atomic mass is 32.1. The average molecular weight is 258 g/mol. The summed E-state index contributed by atoms with van der Waals surface area (Å²) in [6.07, 6.45) is 1.17. The SMILES string of the molecule is CC(C)(C)OC(=O)NCCNc1ncc(N)s1. The van der Waals surface area contributed by atoms with Crippen molar-refractivity contribution in [1.82, 2.24) is 10.3 Å². The Hall–Kier alpha value is -1.50. The number of aromatic nitrogens is 1. The predicted molar refractivity (Wildman–Crippen MR) is 69.3 cm³/mol. The van der Waals surface area contributed by atoms with Crippen molar-refractivity contribution in [3.05, 3.63) is 6.20 Å². The van der Waals surface area contributed by atoms with Crippen LogP contribution in [-0.2, 0) is 4.74 Å². The summed E-state index contributed by atoms with van der Waals surface area (Å²) in [6, 6.07) is 0. The topological polar surface area (TPSA) is 89.3 Å². The van der Waals surface area contributed by atoms with Gasteiger partial charge in [0.1, 0.15) is 10.6 Å². The summed E-state index contributed by atoms with van der Waals surface area (Å²) in [5.41, 5.74) is 5.06. The Balaban J connectivity index is 2.14. The largest absolute Gasteiger partial charge is 0.444 e. The third-order valence-electron chi connectivity index (χ3n) is 1.59. The minimum absolute atomic E-state index is 0.419. The molecule has 17 heavy (non-hydrogen) atoms. The zero-order chi connectivity index (χ0) is 12.9. The second kappa shape index (κ2) is 5.72. The van der Waals surface area contributed by atoms with Crippen molar-refractivity contribution < 1.29 is 9.53 Å². The van der Waals surface area contributed by atoms with Gasteiger partial charge in [0.25, 0.3) is 0 Å². The van der Waals surface area contributed by atoms with Crippen LogP contribution in [0.4, 0.5) is 14.9 Å². The minimum atomic E-state index is -0.471. The van der Waals surface area contributed by atoms with Crippen LogP contribution in [0.5, 0.6) is 0 Å². The summed E-state index contributed by atoms with van der Waals surface area (Å²) < 4.78 is 5.08. The number of thiazole rings is 1. The van der Waals surface area contributed by atoms with E-state index in [9.17, 15) is 4.79 Å². The summed E-state index contributed by atoms with van der Waals surface area (Å²) in [6.45, 7) is 6.51. The molecular weight excluding hydrogens is 240 g/mol. The molecule has 0 saturated heterocycles. The number of nitrogens with two attached hydrogens (primary N) is 1. The van der Waals surface area contributed by atoms with Gasteiger partial charge in [-0.3, -0.25) is 0 Å². The highest BCUT2D eigenvalue weighted by molar-refractivity contribution is 7.19. The average Bonchev–Trinajstić information content (AvgIpc) is 2.56.